The van der Waals surface area contributed by atoms with Crippen molar-refractivity contribution in [3.8, 4) is 0 Å². The van der Waals surface area contributed by atoms with Crippen molar-refractivity contribution in [2.45, 2.75) is 44.0 Å². The zero-order chi connectivity index (χ0) is 20.2. The van der Waals surface area contributed by atoms with Crippen LogP contribution >= 0.6 is 0 Å². The average molecular weight is 397 g/mol. The Bertz CT molecular complexity index is 774. The zero-order valence-electron chi connectivity index (χ0n) is 16.3. The summed E-state index contributed by atoms with van der Waals surface area (Å²) in [6.07, 6.45) is 3.19. The highest BCUT2D eigenvalue weighted by Crippen LogP contribution is 2.29. The molecule has 0 saturated heterocycles. The van der Waals surface area contributed by atoms with E-state index in [4.69, 9.17) is 4.74 Å². The number of amides is 1. The number of benzene rings is 1. The van der Waals surface area contributed by atoms with Gasteiger partial charge in [-0.05, 0) is 42.5 Å². The summed E-state index contributed by atoms with van der Waals surface area (Å²) in [5.74, 6) is -0.0294. The van der Waals surface area contributed by atoms with Gasteiger partial charge in [-0.15, -0.1) is 0 Å². The molecule has 1 amide bonds. The molecular formula is C19H28N2O5S. The Morgan fingerprint density at radius 3 is 2.37 bits per heavy atom. The molecule has 0 aromatic heterocycles. The summed E-state index contributed by atoms with van der Waals surface area (Å²) in [5.41, 5.74) is 0.195. The van der Waals surface area contributed by atoms with E-state index in [1.807, 2.05) is 0 Å². The lowest BCUT2D eigenvalue weighted by atomic mass is 9.78. The van der Waals surface area contributed by atoms with Gasteiger partial charge in [0.05, 0.1) is 10.5 Å². The van der Waals surface area contributed by atoms with Crippen molar-refractivity contribution < 1.29 is 22.7 Å². The van der Waals surface area contributed by atoms with Gasteiger partial charge < -0.3 is 10.1 Å². The van der Waals surface area contributed by atoms with Crippen LogP contribution < -0.4 is 5.32 Å². The van der Waals surface area contributed by atoms with Crippen molar-refractivity contribution in [2.24, 2.45) is 11.8 Å². The molecule has 27 heavy (non-hydrogen) atoms. The number of hydrogen-bond acceptors (Lipinski definition) is 5. The number of nitrogens with zero attached hydrogens (tertiary/aromatic N) is 1. The number of sulfonamides is 1. The summed E-state index contributed by atoms with van der Waals surface area (Å²) < 4.78 is 30.2. The Balaban J connectivity index is 1.89. The van der Waals surface area contributed by atoms with Crippen molar-refractivity contribution in [3.63, 3.8) is 0 Å². The van der Waals surface area contributed by atoms with Crippen molar-refractivity contribution in [1.82, 2.24) is 9.62 Å². The molecule has 2 rings (SSSR count). The third-order valence-corrected chi connectivity index (χ3v) is 7.09. The number of ether oxygens (including phenoxy) is 1. The van der Waals surface area contributed by atoms with Crippen molar-refractivity contribution in [2.75, 3.05) is 20.7 Å². The standard InChI is InChI=1S/C19H28N2O5S/c1-13-6-5-7-17(14(13)2)20-18(22)12-26-19(23)15-8-10-16(11-9-15)27(24,25)21(3)4/h8-11,13-14,17H,5-7,12H2,1-4H3,(H,20,22)/t13-,14-,17+/m0/s1. The highest BCUT2D eigenvalue weighted by atomic mass is 32.2. The van der Waals surface area contributed by atoms with E-state index in [2.05, 4.69) is 19.2 Å². The van der Waals surface area contributed by atoms with Crippen LogP contribution in [0.1, 0.15) is 43.5 Å². The third kappa shape index (κ3) is 5.29. The first-order valence-corrected chi connectivity index (χ1v) is 10.6. The lowest BCUT2D eigenvalue weighted by Gasteiger charge is -2.34. The lowest BCUT2D eigenvalue weighted by Crippen LogP contribution is -2.45. The maximum absolute atomic E-state index is 12.1. The lowest BCUT2D eigenvalue weighted by molar-refractivity contribution is -0.125. The SMILES string of the molecule is C[C@H]1[C@@H](C)CCC[C@H]1NC(=O)COC(=O)c1ccc(S(=O)(=O)N(C)C)cc1. The topological polar surface area (TPSA) is 92.8 Å². The summed E-state index contributed by atoms with van der Waals surface area (Å²) in [6, 6.07) is 5.55. The Hall–Kier alpha value is -1.93. The number of esters is 1. The van der Waals surface area contributed by atoms with E-state index in [0.717, 1.165) is 17.1 Å². The van der Waals surface area contributed by atoms with E-state index < -0.39 is 16.0 Å². The maximum atomic E-state index is 12.1. The van der Waals surface area contributed by atoms with Gasteiger partial charge >= 0.3 is 5.97 Å². The molecule has 0 spiro atoms. The highest BCUT2D eigenvalue weighted by Gasteiger charge is 2.28. The third-order valence-electron chi connectivity index (χ3n) is 5.26. The predicted molar refractivity (Wildman–Crippen MR) is 102 cm³/mol. The van der Waals surface area contributed by atoms with Crippen molar-refractivity contribution in [3.05, 3.63) is 29.8 Å². The van der Waals surface area contributed by atoms with Crippen molar-refractivity contribution in [1.29, 1.82) is 0 Å². The van der Waals surface area contributed by atoms with Gasteiger partial charge in [0, 0.05) is 20.1 Å². The minimum Gasteiger partial charge on any atom is -0.452 e. The van der Waals surface area contributed by atoms with Gasteiger partial charge in [-0.25, -0.2) is 17.5 Å². The molecule has 3 atom stereocenters. The van der Waals surface area contributed by atoms with Crippen LogP contribution in [0.5, 0.6) is 0 Å². The minimum atomic E-state index is -3.55. The largest absolute Gasteiger partial charge is 0.452 e. The van der Waals surface area contributed by atoms with E-state index in [1.165, 1.54) is 44.8 Å². The van der Waals surface area contributed by atoms with Gasteiger partial charge in [-0.3, -0.25) is 4.79 Å². The molecule has 1 aliphatic rings. The van der Waals surface area contributed by atoms with Crippen LogP contribution in [0.2, 0.25) is 0 Å². The molecule has 0 bridgehead atoms. The molecule has 1 fully saturated rings. The second kappa shape index (κ2) is 8.84. The number of rotatable bonds is 6. The molecule has 7 nitrogen and oxygen atoms in total. The first-order valence-electron chi connectivity index (χ1n) is 9.12. The monoisotopic (exact) mass is 396 g/mol. The van der Waals surface area contributed by atoms with Crippen LogP contribution in [0.15, 0.2) is 29.2 Å². The fourth-order valence-electron chi connectivity index (χ4n) is 3.22. The van der Waals surface area contributed by atoms with Gasteiger partial charge in [-0.2, -0.15) is 0 Å². The Labute approximate surface area is 161 Å². The molecule has 0 unspecified atom stereocenters. The van der Waals surface area contributed by atoms with Crippen LogP contribution in [0, 0.1) is 11.8 Å². The molecule has 1 saturated carbocycles. The molecule has 0 heterocycles. The van der Waals surface area contributed by atoms with Crippen LogP contribution in [-0.4, -0.2) is 51.3 Å². The highest BCUT2D eigenvalue weighted by molar-refractivity contribution is 7.89. The Kier molecular flexibility index (Phi) is 7.00. The number of carbonyl (C=O) groups excluding carboxylic acids is 2. The van der Waals surface area contributed by atoms with Crippen LogP contribution in [0.3, 0.4) is 0 Å². The molecule has 0 radical (unpaired) electrons. The van der Waals surface area contributed by atoms with E-state index in [0.29, 0.717) is 11.8 Å². The Morgan fingerprint density at radius 2 is 1.78 bits per heavy atom. The summed E-state index contributed by atoms with van der Waals surface area (Å²) in [6.45, 7) is 3.96. The zero-order valence-corrected chi connectivity index (χ0v) is 17.1. The molecule has 1 aromatic carbocycles. The van der Waals surface area contributed by atoms with E-state index in [-0.39, 0.29) is 29.0 Å². The molecular weight excluding hydrogens is 368 g/mol. The first kappa shape index (κ1) is 21.4. The smallest absolute Gasteiger partial charge is 0.338 e. The summed E-state index contributed by atoms with van der Waals surface area (Å²) in [5, 5.41) is 2.95. The number of hydrogen-bond donors (Lipinski definition) is 1. The molecule has 150 valence electrons. The average Bonchev–Trinajstić information content (AvgIpc) is 2.63. The van der Waals surface area contributed by atoms with Gasteiger partial charge in [0.1, 0.15) is 0 Å². The molecule has 1 aromatic rings. The van der Waals surface area contributed by atoms with E-state index in [9.17, 15) is 18.0 Å². The van der Waals surface area contributed by atoms with Gasteiger partial charge in [-0.1, -0.05) is 26.7 Å². The van der Waals surface area contributed by atoms with Crippen molar-refractivity contribution >= 4 is 21.9 Å². The fraction of sp³-hybridized carbons (Fsp3) is 0.579. The summed E-state index contributed by atoms with van der Waals surface area (Å²) in [7, 11) is -0.685. The molecule has 1 N–H and O–H groups in total. The molecule has 1 aliphatic carbocycles. The van der Waals surface area contributed by atoms with Gasteiger partial charge in [0.15, 0.2) is 6.61 Å². The summed E-state index contributed by atoms with van der Waals surface area (Å²) >= 11 is 0. The quantitative estimate of drug-likeness (QED) is 0.743. The second-order valence-electron chi connectivity index (χ2n) is 7.33. The normalized spacial score (nSPS) is 23.1. The molecule has 0 aliphatic heterocycles. The van der Waals surface area contributed by atoms with Crippen LogP contribution in [0.25, 0.3) is 0 Å². The molecule has 8 heteroatoms. The van der Waals surface area contributed by atoms with Crippen LogP contribution in [0.4, 0.5) is 0 Å². The maximum Gasteiger partial charge on any atom is 0.338 e. The van der Waals surface area contributed by atoms with E-state index >= 15 is 0 Å². The minimum absolute atomic E-state index is 0.0854. The summed E-state index contributed by atoms with van der Waals surface area (Å²) in [4.78, 5) is 24.3. The number of nitrogens with one attached hydrogen (secondary N) is 1. The van der Waals surface area contributed by atoms with Gasteiger partial charge in [0.2, 0.25) is 10.0 Å². The number of carbonyl (C=O) groups is 2. The Morgan fingerprint density at radius 1 is 1.15 bits per heavy atom. The van der Waals surface area contributed by atoms with Gasteiger partial charge in [0.25, 0.3) is 5.91 Å². The first-order chi connectivity index (χ1) is 12.6. The predicted octanol–water partition coefficient (Wildman–Crippen LogP) is 2.03. The second-order valence-corrected chi connectivity index (χ2v) is 9.48. The van der Waals surface area contributed by atoms with E-state index in [1.54, 1.807) is 0 Å². The van der Waals surface area contributed by atoms with Crippen LogP contribution in [-0.2, 0) is 19.6 Å². The fourth-order valence-corrected chi connectivity index (χ4v) is 4.12.